The Kier molecular flexibility index (Phi) is 3.62. The van der Waals surface area contributed by atoms with E-state index in [1.807, 2.05) is 27.0 Å². The van der Waals surface area contributed by atoms with Gasteiger partial charge in [-0.15, -0.1) is 0 Å². The van der Waals surface area contributed by atoms with Gasteiger partial charge in [0.05, 0.1) is 11.3 Å². The molecule has 0 spiro atoms. The molecule has 19 heavy (non-hydrogen) atoms. The zero-order valence-corrected chi connectivity index (χ0v) is 11.3. The number of aryl methyl sites for hydroxylation is 2. The van der Waals surface area contributed by atoms with E-state index in [9.17, 15) is 4.79 Å². The van der Waals surface area contributed by atoms with Crippen LogP contribution in [0, 0.1) is 13.8 Å². The number of aromatic nitrogens is 3. The van der Waals surface area contributed by atoms with Gasteiger partial charge in [0.2, 0.25) is 0 Å². The molecule has 6 heteroatoms. The zero-order chi connectivity index (χ0) is 14.0. The molecule has 0 aliphatic carbocycles. The predicted octanol–water partition coefficient (Wildman–Crippen LogP) is 1.14. The monoisotopic (exact) mass is 259 g/mol. The third kappa shape index (κ3) is 2.63. The Morgan fingerprint density at radius 3 is 2.63 bits per heavy atom. The first-order valence-electron chi connectivity index (χ1n) is 5.99. The standard InChI is InChI=1S/C13H17N5O/c1-8-12(9(2)18(3)17-8)13(19)16-11-5-4-10(6-14)7-15-11/h4-5,7H,6,14H2,1-3H3,(H,15,16,19). The van der Waals surface area contributed by atoms with E-state index >= 15 is 0 Å². The number of nitrogens with two attached hydrogens (primary N) is 1. The molecule has 0 aliphatic heterocycles. The molecule has 3 N–H and O–H groups in total. The van der Waals surface area contributed by atoms with Crippen molar-refractivity contribution in [2.24, 2.45) is 12.8 Å². The van der Waals surface area contributed by atoms with Gasteiger partial charge in [-0.25, -0.2) is 4.98 Å². The molecular weight excluding hydrogens is 242 g/mol. The average molecular weight is 259 g/mol. The van der Waals surface area contributed by atoms with Crippen LogP contribution in [-0.4, -0.2) is 20.7 Å². The minimum Gasteiger partial charge on any atom is -0.326 e. The van der Waals surface area contributed by atoms with Crippen LogP contribution < -0.4 is 11.1 Å². The van der Waals surface area contributed by atoms with Crippen molar-refractivity contribution in [3.8, 4) is 0 Å². The number of hydrogen-bond donors (Lipinski definition) is 2. The summed E-state index contributed by atoms with van der Waals surface area (Å²) >= 11 is 0. The molecule has 100 valence electrons. The van der Waals surface area contributed by atoms with Crippen molar-refractivity contribution >= 4 is 11.7 Å². The van der Waals surface area contributed by atoms with E-state index in [0.717, 1.165) is 11.3 Å². The van der Waals surface area contributed by atoms with Crippen molar-refractivity contribution in [3.05, 3.63) is 40.8 Å². The number of pyridine rings is 1. The molecular formula is C13H17N5O. The van der Waals surface area contributed by atoms with E-state index in [0.29, 0.717) is 23.6 Å². The summed E-state index contributed by atoms with van der Waals surface area (Å²) < 4.78 is 1.69. The van der Waals surface area contributed by atoms with Crippen molar-refractivity contribution in [2.75, 3.05) is 5.32 Å². The first-order chi connectivity index (χ1) is 9.02. The summed E-state index contributed by atoms with van der Waals surface area (Å²) in [6.45, 7) is 4.11. The average Bonchev–Trinajstić information content (AvgIpc) is 2.64. The van der Waals surface area contributed by atoms with E-state index < -0.39 is 0 Å². The van der Waals surface area contributed by atoms with Crippen molar-refractivity contribution in [3.63, 3.8) is 0 Å². The number of carbonyl (C=O) groups excluding carboxylic acids is 1. The van der Waals surface area contributed by atoms with Crippen LogP contribution in [0.5, 0.6) is 0 Å². The Hall–Kier alpha value is -2.21. The molecule has 0 fully saturated rings. The lowest BCUT2D eigenvalue weighted by Gasteiger charge is -2.05. The number of anilines is 1. The van der Waals surface area contributed by atoms with Crippen molar-refractivity contribution in [1.82, 2.24) is 14.8 Å². The fraction of sp³-hybridized carbons (Fsp3) is 0.308. The maximum Gasteiger partial charge on any atom is 0.260 e. The van der Waals surface area contributed by atoms with Crippen LogP contribution >= 0.6 is 0 Å². The molecule has 2 aromatic rings. The minimum atomic E-state index is -0.198. The van der Waals surface area contributed by atoms with Crippen LogP contribution in [0.3, 0.4) is 0 Å². The van der Waals surface area contributed by atoms with Gasteiger partial charge in [-0.2, -0.15) is 5.10 Å². The summed E-state index contributed by atoms with van der Waals surface area (Å²) in [6.07, 6.45) is 1.65. The maximum atomic E-state index is 12.2. The molecule has 0 saturated carbocycles. The second kappa shape index (κ2) is 5.19. The quantitative estimate of drug-likeness (QED) is 0.865. The lowest BCUT2D eigenvalue weighted by atomic mass is 10.2. The Morgan fingerprint density at radius 2 is 2.16 bits per heavy atom. The zero-order valence-electron chi connectivity index (χ0n) is 11.3. The van der Waals surface area contributed by atoms with Crippen LogP contribution in [0.15, 0.2) is 18.3 Å². The molecule has 1 amide bonds. The van der Waals surface area contributed by atoms with Crippen molar-refractivity contribution < 1.29 is 4.79 Å². The number of carbonyl (C=O) groups is 1. The molecule has 0 atom stereocenters. The number of amides is 1. The normalized spacial score (nSPS) is 10.5. The summed E-state index contributed by atoms with van der Waals surface area (Å²) in [4.78, 5) is 16.3. The van der Waals surface area contributed by atoms with Crippen LogP contribution in [0.1, 0.15) is 27.3 Å². The van der Waals surface area contributed by atoms with Crippen LogP contribution in [0.25, 0.3) is 0 Å². The fourth-order valence-corrected chi connectivity index (χ4v) is 1.90. The van der Waals surface area contributed by atoms with E-state index in [2.05, 4.69) is 15.4 Å². The Balaban J connectivity index is 2.20. The summed E-state index contributed by atoms with van der Waals surface area (Å²) in [7, 11) is 1.81. The Labute approximate surface area is 111 Å². The van der Waals surface area contributed by atoms with Gasteiger partial charge in [-0.05, 0) is 25.5 Å². The van der Waals surface area contributed by atoms with Gasteiger partial charge in [0.25, 0.3) is 5.91 Å². The highest BCUT2D eigenvalue weighted by atomic mass is 16.1. The van der Waals surface area contributed by atoms with Gasteiger partial charge >= 0.3 is 0 Å². The van der Waals surface area contributed by atoms with Gasteiger partial charge in [0.15, 0.2) is 0 Å². The highest BCUT2D eigenvalue weighted by Gasteiger charge is 2.17. The lowest BCUT2D eigenvalue weighted by molar-refractivity contribution is 0.102. The van der Waals surface area contributed by atoms with Crippen LogP contribution in [0.2, 0.25) is 0 Å². The fourth-order valence-electron chi connectivity index (χ4n) is 1.90. The molecule has 2 heterocycles. The number of nitrogens with one attached hydrogen (secondary N) is 1. The van der Waals surface area contributed by atoms with Gasteiger partial charge in [-0.1, -0.05) is 6.07 Å². The van der Waals surface area contributed by atoms with E-state index in [1.165, 1.54) is 0 Å². The SMILES string of the molecule is Cc1nn(C)c(C)c1C(=O)Nc1ccc(CN)cn1. The second-order valence-electron chi connectivity index (χ2n) is 4.38. The minimum absolute atomic E-state index is 0.198. The van der Waals surface area contributed by atoms with Gasteiger partial charge < -0.3 is 11.1 Å². The molecule has 0 aliphatic rings. The van der Waals surface area contributed by atoms with Gasteiger partial charge in [-0.3, -0.25) is 9.48 Å². The number of rotatable bonds is 3. The maximum absolute atomic E-state index is 12.2. The van der Waals surface area contributed by atoms with Crippen molar-refractivity contribution in [2.45, 2.75) is 20.4 Å². The third-order valence-electron chi connectivity index (χ3n) is 3.04. The molecule has 0 saturated heterocycles. The first-order valence-corrected chi connectivity index (χ1v) is 5.99. The molecule has 0 radical (unpaired) electrons. The molecule has 0 unspecified atom stereocenters. The summed E-state index contributed by atoms with van der Waals surface area (Å²) in [6, 6.07) is 3.58. The van der Waals surface area contributed by atoms with E-state index in [4.69, 9.17) is 5.73 Å². The first kappa shape index (κ1) is 13.2. The number of hydrogen-bond acceptors (Lipinski definition) is 4. The topological polar surface area (TPSA) is 85.8 Å². The molecule has 0 aromatic carbocycles. The lowest BCUT2D eigenvalue weighted by Crippen LogP contribution is -2.15. The van der Waals surface area contributed by atoms with Gasteiger partial charge in [0, 0.05) is 25.5 Å². The largest absolute Gasteiger partial charge is 0.326 e. The molecule has 2 aromatic heterocycles. The molecule has 2 rings (SSSR count). The number of nitrogens with zero attached hydrogens (tertiary/aromatic N) is 3. The summed E-state index contributed by atoms with van der Waals surface area (Å²) in [5.74, 6) is 0.306. The predicted molar refractivity (Wildman–Crippen MR) is 72.8 cm³/mol. The summed E-state index contributed by atoms with van der Waals surface area (Å²) in [5.41, 5.74) is 8.54. The third-order valence-corrected chi connectivity index (χ3v) is 3.04. The smallest absolute Gasteiger partial charge is 0.260 e. The summed E-state index contributed by atoms with van der Waals surface area (Å²) in [5, 5.41) is 6.98. The highest BCUT2D eigenvalue weighted by molar-refractivity contribution is 6.05. The van der Waals surface area contributed by atoms with Crippen LogP contribution in [0.4, 0.5) is 5.82 Å². The second-order valence-corrected chi connectivity index (χ2v) is 4.38. The Morgan fingerprint density at radius 1 is 1.42 bits per heavy atom. The highest BCUT2D eigenvalue weighted by Crippen LogP contribution is 2.14. The van der Waals surface area contributed by atoms with E-state index in [1.54, 1.807) is 16.9 Å². The van der Waals surface area contributed by atoms with Crippen molar-refractivity contribution in [1.29, 1.82) is 0 Å². The van der Waals surface area contributed by atoms with E-state index in [-0.39, 0.29) is 5.91 Å². The Bertz CT molecular complexity index is 600. The van der Waals surface area contributed by atoms with Gasteiger partial charge in [0.1, 0.15) is 5.82 Å². The molecule has 0 bridgehead atoms. The van der Waals surface area contributed by atoms with Crippen LogP contribution in [-0.2, 0) is 13.6 Å². The molecule has 6 nitrogen and oxygen atoms in total.